The van der Waals surface area contributed by atoms with Crippen molar-refractivity contribution in [2.24, 2.45) is 0 Å². The summed E-state index contributed by atoms with van der Waals surface area (Å²) in [6, 6.07) is 10.0. The molecule has 1 amide bonds. The van der Waals surface area contributed by atoms with Crippen LogP contribution in [0.4, 0.5) is 8.78 Å². The van der Waals surface area contributed by atoms with Crippen molar-refractivity contribution in [2.45, 2.75) is 31.9 Å². The summed E-state index contributed by atoms with van der Waals surface area (Å²) in [5.74, 6) is -2.83. The van der Waals surface area contributed by atoms with Crippen LogP contribution in [0.5, 0.6) is 5.75 Å². The van der Waals surface area contributed by atoms with Crippen molar-refractivity contribution >= 4 is 11.9 Å². The predicted molar refractivity (Wildman–Crippen MR) is 90.6 cm³/mol. The standard InChI is InChI=1S/C19H19F2NO4/c1-2-16(26-17-6-4-3-5-14(17)21)19(25)22-15(11-18(23)24)12-7-9-13(20)10-8-12/h3-10,15-16H,2,11H2,1H3,(H,22,25)(H,23,24). The van der Waals surface area contributed by atoms with Gasteiger partial charge in [-0.2, -0.15) is 0 Å². The summed E-state index contributed by atoms with van der Waals surface area (Å²) in [7, 11) is 0. The first kappa shape index (κ1) is 19.4. The van der Waals surface area contributed by atoms with E-state index in [4.69, 9.17) is 9.84 Å². The molecular formula is C19H19F2NO4. The van der Waals surface area contributed by atoms with Crippen molar-refractivity contribution in [1.29, 1.82) is 0 Å². The number of ether oxygens (including phenoxy) is 1. The van der Waals surface area contributed by atoms with E-state index in [1.54, 1.807) is 13.0 Å². The van der Waals surface area contributed by atoms with Crippen LogP contribution in [0.3, 0.4) is 0 Å². The number of hydrogen-bond donors (Lipinski definition) is 2. The lowest BCUT2D eigenvalue weighted by Gasteiger charge is -2.22. The predicted octanol–water partition coefficient (Wildman–Crippen LogP) is 3.45. The second-order valence-electron chi connectivity index (χ2n) is 5.66. The Hall–Kier alpha value is -2.96. The number of rotatable bonds is 8. The number of carboxylic acid groups (broad SMARTS) is 1. The molecule has 0 radical (unpaired) electrons. The van der Waals surface area contributed by atoms with Gasteiger partial charge in [-0.15, -0.1) is 0 Å². The molecule has 26 heavy (non-hydrogen) atoms. The minimum Gasteiger partial charge on any atom is -0.481 e. The number of aliphatic carboxylic acids is 1. The van der Waals surface area contributed by atoms with E-state index in [0.29, 0.717) is 5.56 Å². The first-order valence-corrected chi connectivity index (χ1v) is 8.09. The third-order valence-corrected chi connectivity index (χ3v) is 3.74. The van der Waals surface area contributed by atoms with Gasteiger partial charge in [-0.05, 0) is 36.2 Å². The molecule has 0 bridgehead atoms. The molecular weight excluding hydrogens is 344 g/mol. The molecule has 2 unspecified atom stereocenters. The molecule has 0 aliphatic rings. The lowest BCUT2D eigenvalue weighted by Crippen LogP contribution is -2.40. The minimum absolute atomic E-state index is 0.0638. The topological polar surface area (TPSA) is 75.6 Å². The van der Waals surface area contributed by atoms with Gasteiger partial charge in [-0.3, -0.25) is 9.59 Å². The van der Waals surface area contributed by atoms with Crippen molar-refractivity contribution in [2.75, 3.05) is 0 Å². The van der Waals surface area contributed by atoms with Gasteiger partial charge in [0.1, 0.15) is 5.82 Å². The summed E-state index contributed by atoms with van der Waals surface area (Å²) in [5, 5.41) is 11.7. The molecule has 2 atom stereocenters. The quantitative estimate of drug-likeness (QED) is 0.753. The number of benzene rings is 2. The van der Waals surface area contributed by atoms with Crippen molar-refractivity contribution in [1.82, 2.24) is 5.32 Å². The number of carbonyl (C=O) groups is 2. The molecule has 0 aliphatic heterocycles. The third kappa shape index (κ3) is 5.27. The second kappa shape index (κ2) is 8.94. The molecule has 0 heterocycles. The van der Waals surface area contributed by atoms with Gasteiger partial charge in [0.2, 0.25) is 0 Å². The van der Waals surface area contributed by atoms with Gasteiger partial charge < -0.3 is 15.2 Å². The number of carboxylic acids is 1. The fourth-order valence-corrected chi connectivity index (χ4v) is 2.40. The van der Waals surface area contributed by atoms with Gasteiger partial charge in [-0.25, -0.2) is 8.78 Å². The Balaban J connectivity index is 2.14. The molecule has 2 aromatic rings. The van der Waals surface area contributed by atoms with Crippen LogP contribution in [0.2, 0.25) is 0 Å². The molecule has 0 aliphatic carbocycles. The molecule has 0 aromatic heterocycles. The van der Waals surface area contributed by atoms with Crippen molar-refractivity contribution < 1.29 is 28.2 Å². The summed E-state index contributed by atoms with van der Waals surface area (Å²) in [5.41, 5.74) is 0.447. The summed E-state index contributed by atoms with van der Waals surface area (Å²) in [6.45, 7) is 1.69. The smallest absolute Gasteiger partial charge is 0.305 e. The van der Waals surface area contributed by atoms with Crippen LogP contribution >= 0.6 is 0 Å². The highest BCUT2D eigenvalue weighted by Crippen LogP contribution is 2.21. The highest BCUT2D eigenvalue weighted by atomic mass is 19.1. The maximum absolute atomic E-state index is 13.7. The lowest BCUT2D eigenvalue weighted by atomic mass is 10.0. The van der Waals surface area contributed by atoms with E-state index in [-0.39, 0.29) is 18.6 Å². The minimum atomic E-state index is -1.12. The zero-order chi connectivity index (χ0) is 19.1. The zero-order valence-electron chi connectivity index (χ0n) is 14.1. The van der Waals surface area contributed by atoms with Crippen molar-refractivity contribution in [3.8, 4) is 5.75 Å². The highest BCUT2D eigenvalue weighted by molar-refractivity contribution is 5.82. The van der Waals surface area contributed by atoms with Crippen LogP contribution < -0.4 is 10.1 Å². The van der Waals surface area contributed by atoms with Crippen LogP contribution in [-0.4, -0.2) is 23.1 Å². The second-order valence-corrected chi connectivity index (χ2v) is 5.66. The van der Waals surface area contributed by atoms with Gasteiger partial charge in [0.25, 0.3) is 5.91 Å². The van der Waals surface area contributed by atoms with Gasteiger partial charge in [0, 0.05) is 0 Å². The number of amides is 1. The maximum atomic E-state index is 13.7. The molecule has 0 spiro atoms. The average Bonchev–Trinajstić information content (AvgIpc) is 2.60. The Labute approximate surface area is 149 Å². The maximum Gasteiger partial charge on any atom is 0.305 e. The van der Waals surface area contributed by atoms with Crippen LogP contribution in [0.25, 0.3) is 0 Å². The summed E-state index contributed by atoms with van der Waals surface area (Å²) in [4.78, 5) is 23.6. The fourth-order valence-electron chi connectivity index (χ4n) is 2.40. The van der Waals surface area contributed by atoms with Crippen molar-refractivity contribution in [3.05, 3.63) is 65.7 Å². The zero-order valence-corrected chi connectivity index (χ0v) is 14.1. The molecule has 0 saturated carbocycles. The Morgan fingerprint density at radius 1 is 1.12 bits per heavy atom. The lowest BCUT2D eigenvalue weighted by molar-refractivity contribution is -0.138. The Kier molecular flexibility index (Phi) is 6.66. The number of para-hydroxylation sites is 1. The van der Waals surface area contributed by atoms with Gasteiger partial charge in [0.05, 0.1) is 12.5 Å². The van der Waals surface area contributed by atoms with Crippen LogP contribution in [-0.2, 0) is 9.59 Å². The molecule has 0 saturated heterocycles. The molecule has 2 aromatic carbocycles. The van der Waals surface area contributed by atoms with E-state index < -0.39 is 35.7 Å². The first-order chi connectivity index (χ1) is 12.4. The van der Waals surface area contributed by atoms with Gasteiger partial charge in [0.15, 0.2) is 17.7 Å². The molecule has 5 nitrogen and oxygen atoms in total. The highest BCUT2D eigenvalue weighted by Gasteiger charge is 2.25. The SMILES string of the molecule is CCC(Oc1ccccc1F)C(=O)NC(CC(=O)O)c1ccc(F)cc1. The van der Waals surface area contributed by atoms with E-state index >= 15 is 0 Å². The van der Waals surface area contributed by atoms with Gasteiger partial charge >= 0.3 is 5.97 Å². The molecule has 0 fully saturated rings. The third-order valence-electron chi connectivity index (χ3n) is 3.74. The Morgan fingerprint density at radius 3 is 2.35 bits per heavy atom. The van der Waals surface area contributed by atoms with Crippen LogP contribution in [0, 0.1) is 11.6 Å². The normalized spacial score (nSPS) is 12.9. The van der Waals surface area contributed by atoms with E-state index in [0.717, 1.165) is 0 Å². The average molecular weight is 363 g/mol. The number of halogens is 2. The molecule has 138 valence electrons. The Morgan fingerprint density at radius 2 is 1.77 bits per heavy atom. The summed E-state index contributed by atoms with van der Waals surface area (Å²) in [6.07, 6.45) is -1.12. The summed E-state index contributed by atoms with van der Waals surface area (Å²) < 4.78 is 32.2. The first-order valence-electron chi connectivity index (χ1n) is 8.09. The van der Waals surface area contributed by atoms with Crippen molar-refractivity contribution in [3.63, 3.8) is 0 Å². The van der Waals surface area contributed by atoms with E-state index in [2.05, 4.69) is 5.32 Å². The van der Waals surface area contributed by atoms with Crippen LogP contribution in [0.15, 0.2) is 48.5 Å². The van der Waals surface area contributed by atoms with E-state index in [9.17, 15) is 18.4 Å². The number of carbonyl (C=O) groups excluding carboxylic acids is 1. The van der Waals surface area contributed by atoms with Crippen LogP contribution in [0.1, 0.15) is 31.4 Å². The molecule has 2 rings (SSSR count). The number of nitrogens with one attached hydrogen (secondary N) is 1. The summed E-state index contributed by atoms with van der Waals surface area (Å²) >= 11 is 0. The fraction of sp³-hybridized carbons (Fsp3) is 0.263. The largest absolute Gasteiger partial charge is 0.481 e. The van der Waals surface area contributed by atoms with E-state index in [1.165, 1.54) is 42.5 Å². The number of hydrogen-bond acceptors (Lipinski definition) is 3. The Bertz CT molecular complexity index is 764. The van der Waals surface area contributed by atoms with Gasteiger partial charge in [-0.1, -0.05) is 31.2 Å². The monoisotopic (exact) mass is 363 g/mol. The molecule has 7 heteroatoms. The molecule has 2 N–H and O–H groups in total. The van der Waals surface area contributed by atoms with E-state index in [1.807, 2.05) is 0 Å².